The van der Waals surface area contributed by atoms with Gasteiger partial charge in [0.2, 0.25) is 15.9 Å². The Bertz CT molecular complexity index is 984. The number of hydrogen-bond donors (Lipinski definition) is 1. The summed E-state index contributed by atoms with van der Waals surface area (Å²) >= 11 is 0. The first-order valence-electron chi connectivity index (χ1n) is 9.52. The summed E-state index contributed by atoms with van der Waals surface area (Å²) in [4.78, 5) is 12.7. The van der Waals surface area contributed by atoms with Crippen LogP contribution in [0.25, 0.3) is 0 Å². The Morgan fingerprint density at radius 1 is 1.14 bits per heavy atom. The van der Waals surface area contributed by atoms with E-state index in [2.05, 4.69) is 11.4 Å². The summed E-state index contributed by atoms with van der Waals surface area (Å²) in [6.45, 7) is 6.03. The summed E-state index contributed by atoms with van der Waals surface area (Å²) in [5.74, 6) is 0.471. The SMILES string of the molecule is COc1ccc(S(=O)(=O)N(C)C)cc1CCC(=O)N[C@H](C)c1ccc(C)cc1C. The smallest absolute Gasteiger partial charge is 0.242 e. The molecule has 0 saturated heterocycles. The quantitative estimate of drug-likeness (QED) is 0.713. The summed E-state index contributed by atoms with van der Waals surface area (Å²) in [5.41, 5.74) is 4.09. The fraction of sp³-hybridized carbons (Fsp3) is 0.409. The molecule has 7 heteroatoms. The molecule has 1 atom stereocenters. The van der Waals surface area contributed by atoms with Gasteiger partial charge in [0, 0.05) is 20.5 Å². The molecule has 0 unspecified atom stereocenters. The molecule has 0 saturated carbocycles. The van der Waals surface area contributed by atoms with E-state index in [1.54, 1.807) is 12.1 Å². The van der Waals surface area contributed by atoms with Gasteiger partial charge in [-0.05, 0) is 62.1 Å². The molecule has 29 heavy (non-hydrogen) atoms. The lowest BCUT2D eigenvalue weighted by Gasteiger charge is -2.18. The highest BCUT2D eigenvalue weighted by molar-refractivity contribution is 7.89. The maximum atomic E-state index is 12.5. The van der Waals surface area contributed by atoms with Crippen molar-refractivity contribution in [3.63, 3.8) is 0 Å². The zero-order chi connectivity index (χ0) is 21.8. The number of ether oxygens (including phenoxy) is 1. The molecule has 2 aromatic rings. The van der Waals surface area contributed by atoms with Crippen LogP contribution in [0, 0.1) is 13.8 Å². The van der Waals surface area contributed by atoms with Gasteiger partial charge in [0.05, 0.1) is 18.0 Å². The van der Waals surface area contributed by atoms with E-state index in [4.69, 9.17) is 4.74 Å². The summed E-state index contributed by atoms with van der Waals surface area (Å²) in [6.07, 6.45) is 0.614. The number of benzene rings is 2. The van der Waals surface area contributed by atoms with Crippen molar-refractivity contribution in [2.75, 3.05) is 21.2 Å². The van der Waals surface area contributed by atoms with Gasteiger partial charge in [-0.2, -0.15) is 0 Å². The van der Waals surface area contributed by atoms with Crippen molar-refractivity contribution in [3.8, 4) is 5.75 Å². The van der Waals surface area contributed by atoms with E-state index in [1.807, 2.05) is 32.9 Å². The van der Waals surface area contributed by atoms with E-state index in [0.717, 1.165) is 15.4 Å². The average Bonchev–Trinajstić information content (AvgIpc) is 2.65. The van der Waals surface area contributed by atoms with Crippen LogP contribution in [0.15, 0.2) is 41.3 Å². The number of hydrogen-bond acceptors (Lipinski definition) is 4. The molecule has 1 amide bonds. The number of nitrogens with zero attached hydrogens (tertiary/aromatic N) is 1. The summed E-state index contributed by atoms with van der Waals surface area (Å²) in [7, 11) is 0.954. The van der Waals surface area contributed by atoms with Crippen molar-refractivity contribution in [3.05, 3.63) is 58.7 Å². The minimum absolute atomic E-state index is 0.0969. The van der Waals surface area contributed by atoms with Crippen molar-refractivity contribution in [1.29, 1.82) is 0 Å². The van der Waals surface area contributed by atoms with Crippen LogP contribution in [-0.2, 0) is 21.2 Å². The normalized spacial score (nSPS) is 12.7. The maximum Gasteiger partial charge on any atom is 0.242 e. The second-order valence-corrected chi connectivity index (χ2v) is 9.56. The molecule has 0 fully saturated rings. The lowest BCUT2D eigenvalue weighted by Crippen LogP contribution is -2.27. The van der Waals surface area contributed by atoms with Gasteiger partial charge in [-0.1, -0.05) is 23.8 Å². The highest BCUT2D eigenvalue weighted by Gasteiger charge is 2.19. The largest absolute Gasteiger partial charge is 0.496 e. The van der Waals surface area contributed by atoms with Crippen LogP contribution in [-0.4, -0.2) is 39.8 Å². The second-order valence-electron chi connectivity index (χ2n) is 7.41. The molecule has 0 spiro atoms. The lowest BCUT2D eigenvalue weighted by molar-refractivity contribution is -0.121. The second kappa shape index (κ2) is 9.41. The van der Waals surface area contributed by atoms with E-state index in [-0.39, 0.29) is 23.3 Å². The van der Waals surface area contributed by atoms with Gasteiger partial charge < -0.3 is 10.1 Å². The molecule has 0 bridgehead atoms. The maximum absolute atomic E-state index is 12.5. The Balaban J connectivity index is 2.11. The molecule has 158 valence electrons. The van der Waals surface area contributed by atoms with Crippen LogP contribution in [0.2, 0.25) is 0 Å². The number of rotatable bonds is 8. The van der Waals surface area contributed by atoms with Crippen LogP contribution < -0.4 is 10.1 Å². The minimum Gasteiger partial charge on any atom is -0.496 e. The molecule has 2 aromatic carbocycles. The fourth-order valence-corrected chi connectivity index (χ4v) is 4.23. The Kier molecular flexibility index (Phi) is 7.43. The minimum atomic E-state index is -3.55. The predicted octanol–water partition coefficient (Wildman–Crippen LogP) is 3.37. The number of nitrogens with one attached hydrogen (secondary N) is 1. The molecule has 0 heterocycles. The number of amides is 1. The van der Waals surface area contributed by atoms with E-state index in [0.29, 0.717) is 17.7 Å². The standard InChI is InChI=1S/C22H30N2O4S/c1-15-7-10-20(16(2)13-15)17(3)23-22(25)12-8-18-14-19(9-11-21(18)28-6)29(26,27)24(4)5/h7,9-11,13-14,17H,8,12H2,1-6H3,(H,23,25)/t17-/m1/s1. The van der Waals surface area contributed by atoms with E-state index < -0.39 is 10.0 Å². The van der Waals surface area contributed by atoms with Gasteiger partial charge in [-0.15, -0.1) is 0 Å². The average molecular weight is 419 g/mol. The molecule has 0 aromatic heterocycles. The third-order valence-corrected chi connectivity index (χ3v) is 6.73. The Morgan fingerprint density at radius 2 is 1.83 bits per heavy atom. The van der Waals surface area contributed by atoms with Gasteiger partial charge >= 0.3 is 0 Å². The molecule has 0 aliphatic rings. The van der Waals surface area contributed by atoms with Gasteiger partial charge in [0.15, 0.2) is 0 Å². The molecule has 0 aliphatic carbocycles. The molecule has 0 radical (unpaired) electrons. The number of methoxy groups -OCH3 is 1. The van der Waals surface area contributed by atoms with E-state index in [1.165, 1.54) is 32.8 Å². The first kappa shape index (κ1) is 22.9. The van der Waals surface area contributed by atoms with Crippen LogP contribution in [0.3, 0.4) is 0 Å². The Labute approximate surface area is 173 Å². The Morgan fingerprint density at radius 3 is 2.41 bits per heavy atom. The van der Waals surface area contributed by atoms with Gasteiger partial charge in [-0.3, -0.25) is 4.79 Å². The lowest BCUT2D eigenvalue weighted by atomic mass is 10.00. The molecule has 1 N–H and O–H groups in total. The Hall–Kier alpha value is -2.38. The van der Waals surface area contributed by atoms with Crippen molar-refractivity contribution in [2.24, 2.45) is 0 Å². The van der Waals surface area contributed by atoms with Crippen molar-refractivity contribution >= 4 is 15.9 Å². The monoisotopic (exact) mass is 418 g/mol. The molecular formula is C22H30N2O4S. The number of sulfonamides is 1. The van der Waals surface area contributed by atoms with Crippen LogP contribution >= 0.6 is 0 Å². The summed E-state index contributed by atoms with van der Waals surface area (Å²) in [5, 5.41) is 3.02. The summed E-state index contributed by atoms with van der Waals surface area (Å²) < 4.78 is 31.3. The highest BCUT2D eigenvalue weighted by atomic mass is 32.2. The number of aryl methyl sites for hydroxylation is 3. The molecule has 2 rings (SSSR count). The number of carbonyl (C=O) groups is 1. The van der Waals surface area contributed by atoms with Gasteiger partial charge in [0.1, 0.15) is 5.75 Å². The van der Waals surface area contributed by atoms with Crippen molar-refractivity contribution in [2.45, 2.75) is 44.6 Å². The van der Waals surface area contributed by atoms with E-state index in [9.17, 15) is 13.2 Å². The van der Waals surface area contributed by atoms with Crippen LogP contribution in [0.5, 0.6) is 5.75 Å². The first-order chi connectivity index (χ1) is 13.6. The predicted molar refractivity (Wildman–Crippen MR) is 115 cm³/mol. The van der Waals surface area contributed by atoms with Gasteiger partial charge in [0.25, 0.3) is 0 Å². The van der Waals surface area contributed by atoms with Crippen LogP contribution in [0.4, 0.5) is 0 Å². The first-order valence-corrected chi connectivity index (χ1v) is 11.0. The van der Waals surface area contributed by atoms with Gasteiger partial charge in [-0.25, -0.2) is 12.7 Å². The third kappa shape index (κ3) is 5.58. The fourth-order valence-electron chi connectivity index (χ4n) is 3.27. The van der Waals surface area contributed by atoms with E-state index >= 15 is 0 Å². The topological polar surface area (TPSA) is 75.7 Å². The zero-order valence-corrected chi connectivity index (χ0v) is 18.8. The molecular weight excluding hydrogens is 388 g/mol. The number of carbonyl (C=O) groups excluding carboxylic acids is 1. The molecule has 6 nitrogen and oxygen atoms in total. The van der Waals surface area contributed by atoms with Crippen molar-refractivity contribution in [1.82, 2.24) is 9.62 Å². The zero-order valence-electron chi connectivity index (χ0n) is 17.9. The molecule has 0 aliphatic heterocycles. The third-order valence-electron chi connectivity index (χ3n) is 4.92. The van der Waals surface area contributed by atoms with Crippen LogP contribution in [0.1, 0.15) is 41.6 Å². The van der Waals surface area contributed by atoms with Crippen molar-refractivity contribution < 1.29 is 17.9 Å². The summed E-state index contributed by atoms with van der Waals surface area (Å²) in [6, 6.07) is 10.8. The highest BCUT2D eigenvalue weighted by Crippen LogP contribution is 2.25.